The van der Waals surface area contributed by atoms with Crippen LogP contribution >= 0.6 is 11.6 Å². The van der Waals surface area contributed by atoms with Crippen molar-refractivity contribution in [2.45, 2.75) is 64.0 Å². The van der Waals surface area contributed by atoms with Crippen LogP contribution in [-0.4, -0.2) is 18.1 Å². The highest BCUT2D eigenvalue weighted by molar-refractivity contribution is 6.30. The van der Waals surface area contributed by atoms with Crippen LogP contribution in [0.25, 0.3) is 0 Å². The molecule has 0 spiro atoms. The van der Waals surface area contributed by atoms with Crippen LogP contribution < -0.4 is 10.1 Å². The highest BCUT2D eigenvalue weighted by Crippen LogP contribution is 2.19. The fourth-order valence-electron chi connectivity index (χ4n) is 2.72. The molecule has 4 heteroatoms. The zero-order chi connectivity index (χ0) is 15.1. The van der Waals surface area contributed by atoms with Gasteiger partial charge in [-0.15, -0.1) is 0 Å². The highest BCUT2D eigenvalue weighted by atomic mass is 35.5. The summed E-state index contributed by atoms with van der Waals surface area (Å²) in [4.78, 5) is 12.2. The third-order valence-electron chi connectivity index (χ3n) is 3.93. The van der Waals surface area contributed by atoms with E-state index in [1.807, 2.05) is 12.1 Å². The first-order valence-electron chi connectivity index (χ1n) is 7.88. The van der Waals surface area contributed by atoms with Gasteiger partial charge >= 0.3 is 0 Å². The predicted molar refractivity (Wildman–Crippen MR) is 85.8 cm³/mol. The molecule has 1 atom stereocenters. The largest absolute Gasteiger partial charge is 0.481 e. The van der Waals surface area contributed by atoms with Gasteiger partial charge in [0.25, 0.3) is 5.91 Å². The van der Waals surface area contributed by atoms with Crippen LogP contribution in [0.3, 0.4) is 0 Å². The van der Waals surface area contributed by atoms with Crippen molar-refractivity contribution in [1.82, 2.24) is 5.32 Å². The summed E-state index contributed by atoms with van der Waals surface area (Å²) in [5.41, 5.74) is 0. The fraction of sp³-hybridized carbons (Fsp3) is 0.588. The SMILES string of the molecule is CC(Oc1cccc(Cl)c1)C(=O)NC1CCCCCCC1. The molecule has 116 valence electrons. The zero-order valence-corrected chi connectivity index (χ0v) is 13.4. The quantitative estimate of drug-likeness (QED) is 0.898. The lowest BCUT2D eigenvalue weighted by atomic mass is 9.96. The lowest BCUT2D eigenvalue weighted by molar-refractivity contribution is -0.128. The number of rotatable bonds is 4. The Hall–Kier alpha value is -1.22. The van der Waals surface area contributed by atoms with E-state index in [1.54, 1.807) is 19.1 Å². The van der Waals surface area contributed by atoms with Gasteiger partial charge in [-0.25, -0.2) is 0 Å². The van der Waals surface area contributed by atoms with Gasteiger partial charge in [-0.3, -0.25) is 4.79 Å². The average molecular weight is 310 g/mol. The summed E-state index contributed by atoms with van der Waals surface area (Å²) >= 11 is 5.92. The van der Waals surface area contributed by atoms with Crippen molar-refractivity contribution < 1.29 is 9.53 Å². The number of halogens is 1. The molecule has 3 nitrogen and oxygen atoms in total. The van der Waals surface area contributed by atoms with Gasteiger partial charge in [-0.1, -0.05) is 49.8 Å². The predicted octanol–water partition coefficient (Wildman–Crippen LogP) is 4.34. The zero-order valence-electron chi connectivity index (χ0n) is 12.6. The van der Waals surface area contributed by atoms with Gasteiger partial charge in [0.1, 0.15) is 5.75 Å². The molecule has 1 aromatic carbocycles. The monoisotopic (exact) mass is 309 g/mol. The van der Waals surface area contributed by atoms with Gasteiger partial charge in [0.2, 0.25) is 0 Å². The van der Waals surface area contributed by atoms with Gasteiger partial charge in [0, 0.05) is 11.1 Å². The maximum absolute atomic E-state index is 12.2. The molecule has 1 aliphatic rings. The molecular weight excluding hydrogens is 286 g/mol. The molecule has 0 aliphatic heterocycles. The van der Waals surface area contributed by atoms with Crippen molar-refractivity contribution in [3.63, 3.8) is 0 Å². The second kappa shape index (κ2) is 8.28. The topological polar surface area (TPSA) is 38.3 Å². The molecule has 1 amide bonds. The Bertz CT molecular complexity index is 456. The Kier molecular flexibility index (Phi) is 6.37. The van der Waals surface area contributed by atoms with Gasteiger partial charge in [-0.05, 0) is 38.0 Å². The number of hydrogen-bond donors (Lipinski definition) is 1. The van der Waals surface area contributed by atoms with E-state index in [4.69, 9.17) is 16.3 Å². The lowest BCUT2D eigenvalue weighted by Gasteiger charge is -2.23. The Morgan fingerprint density at radius 2 is 1.90 bits per heavy atom. The van der Waals surface area contributed by atoms with Crippen molar-refractivity contribution in [3.05, 3.63) is 29.3 Å². The van der Waals surface area contributed by atoms with Crippen molar-refractivity contribution in [1.29, 1.82) is 0 Å². The van der Waals surface area contributed by atoms with Gasteiger partial charge in [-0.2, -0.15) is 0 Å². The summed E-state index contributed by atoms with van der Waals surface area (Å²) in [7, 11) is 0. The molecule has 1 unspecified atom stereocenters. The van der Waals surface area contributed by atoms with E-state index in [1.165, 1.54) is 32.1 Å². The van der Waals surface area contributed by atoms with E-state index in [-0.39, 0.29) is 5.91 Å². The second-order valence-corrected chi connectivity index (χ2v) is 6.20. The molecule has 1 saturated carbocycles. The Morgan fingerprint density at radius 1 is 1.24 bits per heavy atom. The van der Waals surface area contributed by atoms with Crippen LogP contribution in [-0.2, 0) is 4.79 Å². The molecule has 1 N–H and O–H groups in total. The number of nitrogens with one attached hydrogen (secondary N) is 1. The smallest absolute Gasteiger partial charge is 0.260 e. The maximum Gasteiger partial charge on any atom is 0.260 e. The number of carbonyl (C=O) groups excluding carboxylic acids is 1. The first-order valence-corrected chi connectivity index (χ1v) is 8.25. The van der Waals surface area contributed by atoms with Crippen LogP contribution in [0, 0.1) is 0 Å². The van der Waals surface area contributed by atoms with Gasteiger partial charge in [0.15, 0.2) is 6.10 Å². The molecule has 2 rings (SSSR count). The molecule has 1 aliphatic carbocycles. The Morgan fingerprint density at radius 3 is 2.57 bits per heavy atom. The first-order chi connectivity index (χ1) is 10.1. The van der Waals surface area contributed by atoms with Crippen LogP contribution in [0.15, 0.2) is 24.3 Å². The number of hydrogen-bond acceptors (Lipinski definition) is 2. The molecular formula is C17H24ClNO2. The Balaban J connectivity index is 1.83. The van der Waals surface area contributed by atoms with Crippen LogP contribution in [0.1, 0.15) is 51.9 Å². The summed E-state index contributed by atoms with van der Waals surface area (Å²) in [6.07, 6.45) is 7.94. The summed E-state index contributed by atoms with van der Waals surface area (Å²) in [6.45, 7) is 1.78. The normalized spacial score (nSPS) is 18.4. The fourth-order valence-corrected chi connectivity index (χ4v) is 2.90. The van der Waals surface area contributed by atoms with Crippen molar-refractivity contribution in [3.8, 4) is 5.75 Å². The summed E-state index contributed by atoms with van der Waals surface area (Å²) in [5, 5.41) is 3.74. The molecule has 0 radical (unpaired) electrons. The first kappa shape index (κ1) is 16.2. The van der Waals surface area contributed by atoms with E-state index in [9.17, 15) is 4.79 Å². The van der Waals surface area contributed by atoms with Crippen LogP contribution in [0.2, 0.25) is 5.02 Å². The van der Waals surface area contributed by atoms with E-state index in [2.05, 4.69) is 5.32 Å². The van der Waals surface area contributed by atoms with Gasteiger partial charge in [0.05, 0.1) is 0 Å². The molecule has 0 heterocycles. The summed E-state index contributed by atoms with van der Waals surface area (Å²) in [6, 6.07) is 7.43. The van der Waals surface area contributed by atoms with Crippen molar-refractivity contribution in [2.24, 2.45) is 0 Å². The summed E-state index contributed by atoms with van der Waals surface area (Å²) in [5.74, 6) is 0.586. The minimum atomic E-state index is -0.506. The number of amides is 1. The van der Waals surface area contributed by atoms with Gasteiger partial charge < -0.3 is 10.1 Å². The second-order valence-electron chi connectivity index (χ2n) is 5.77. The average Bonchev–Trinajstić information content (AvgIpc) is 2.41. The summed E-state index contributed by atoms with van der Waals surface area (Å²) < 4.78 is 5.66. The lowest BCUT2D eigenvalue weighted by Crippen LogP contribution is -2.42. The molecule has 1 fully saturated rings. The maximum atomic E-state index is 12.2. The number of ether oxygens (including phenoxy) is 1. The number of carbonyl (C=O) groups is 1. The standard InChI is InChI=1S/C17H24ClNO2/c1-13(21-16-11-7-8-14(18)12-16)17(20)19-15-9-5-3-2-4-6-10-15/h7-8,11-13,15H,2-6,9-10H2,1H3,(H,19,20). The van der Waals surface area contributed by atoms with Crippen LogP contribution in [0.5, 0.6) is 5.75 Å². The van der Waals surface area contributed by atoms with E-state index < -0.39 is 6.10 Å². The van der Waals surface area contributed by atoms with Crippen molar-refractivity contribution >= 4 is 17.5 Å². The number of benzene rings is 1. The Labute approximate surface area is 132 Å². The third kappa shape index (κ3) is 5.58. The molecule has 21 heavy (non-hydrogen) atoms. The minimum Gasteiger partial charge on any atom is -0.481 e. The van der Waals surface area contributed by atoms with E-state index in [0.29, 0.717) is 16.8 Å². The van der Waals surface area contributed by atoms with E-state index >= 15 is 0 Å². The van der Waals surface area contributed by atoms with E-state index in [0.717, 1.165) is 12.8 Å². The third-order valence-corrected chi connectivity index (χ3v) is 4.16. The molecule has 0 saturated heterocycles. The molecule has 0 aromatic heterocycles. The van der Waals surface area contributed by atoms with Crippen molar-refractivity contribution in [2.75, 3.05) is 0 Å². The highest BCUT2D eigenvalue weighted by Gasteiger charge is 2.19. The molecule has 1 aromatic rings. The minimum absolute atomic E-state index is 0.0412. The van der Waals surface area contributed by atoms with Crippen LogP contribution in [0.4, 0.5) is 0 Å². The molecule has 0 bridgehead atoms.